The Labute approximate surface area is 228 Å². The summed E-state index contributed by atoms with van der Waals surface area (Å²) >= 11 is 0. The van der Waals surface area contributed by atoms with Gasteiger partial charge in [0.05, 0.1) is 11.8 Å². The number of esters is 2. The Balaban J connectivity index is 2.34. The number of hydrogen-bond donors (Lipinski definition) is 2. The molecule has 0 saturated heterocycles. The third-order valence-electron chi connectivity index (χ3n) is 6.39. The highest BCUT2D eigenvalue weighted by Gasteiger charge is 2.31. The van der Waals surface area contributed by atoms with Gasteiger partial charge in [-0.3, -0.25) is 14.4 Å². The van der Waals surface area contributed by atoms with Crippen molar-refractivity contribution in [1.29, 1.82) is 0 Å². The van der Waals surface area contributed by atoms with Gasteiger partial charge in [0.25, 0.3) is 0 Å². The molecule has 0 spiro atoms. The Bertz CT molecular complexity index is 1130. The standard InChI is InChI=1S/C29H37NO9/c1-6-17(3)27(33)38-23-14-13-20(16-24(23)39-28(34)18(4)7-2)22(25(30)26(31)32)15-19(5)36-29(35)37-21-11-9-8-10-12-21/h8-14,16-19,22,25H,6-7,15,30H2,1-5H3,(H,31,32)/t17?,18?,19?,22?,25-/m0/s1. The highest BCUT2D eigenvalue weighted by atomic mass is 16.7. The second-order valence-electron chi connectivity index (χ2n) is 9.47. The molecule has 0 radical (unpaired) electrons. The molecule has 2 rings (SSSR count). The van der Waals surface area contributed by atoms with Crippen molar-refractivity contribution in [3.63, 3.8) is 0 Å². The van der Waals surface area contributed by atoms with Crippen LogP contribution in [0.4, 0.5) is 4.79 Å². The van der Waals surface area contributed by atoms with E-state index in [0.717, 1.165) is 0 Å². The van der Waals surface area contributed by atoms with Gasteiger partial charge in [-0.15, -0.1) is 0 Å². The summed E-state index contributed by atoms with van der Waals surface area (Å²) in [7, 11) is 0. The van der Waals surface area contributed by atoms with Gasteiger partial charge in [0.15, 0.2) is 11.5 Å². The van der Waals surface area contributed by atoms with Gasteiger partial charge in [-0.2, -0.15) is 0 Å². The van der Waals surface area contributed by atoms with Crippen LogP contribution in [-0.2, 0) is 19.1 Å². The molecule has 0 aliphatic carbocycles. The Kier molecular flexibility index (Phi) is 11.9. The van der Waals surface area contributed by atoms with Crippen LogP contribution in [0.1, 0.15) is 65.4 Å². The van der Waals surface area contributed by atoms with Crippen LogP contribution in [0.3, 0.4) is 0 Å². The van der Waals surface area contributed by atoms with Gasteiger partial charge in [0.2, 0.25) is 0 Å². The van der Waals surface area contributed by atoms with E-state index in [0.29, 0.717) is 24.2 Å². The number of aliphatic carboxylic acids is 1. The van der Waals surface area contributed by atoms with Gasteiger partial charge < -0.3 is 29.8 Å². The molecule has 0 heterocycles. The molecule has 2 aromatic carbocycles. The molecule has 0 aromatic heterocycles. The fourth-order valence-electron chi connectivity index (χ4n) is 3.51. The van der Waals surface area contributed by atoms with Gasteiger partial charge in [0, 0.05) is 5.92 Å². The van der Waals surface area contributed by atoms with Gasteiger partial charge >= 0.3 is 24.1 Å². The van der Waals surface area contributed by atoms with Crippen molar-refractivity contribution < 1.29 is 43.2 Å². The molecule has 0 saturated carbocycles. The van der Waals surface area contributed by atoms with E-state index in [2.05, 4.69) is 0 Å². The highest BCUT2D eigenvalue weighted by molar-refractivity contribution is 5.79. The summed E-state index contributed by atoms with van der Waals surface area (Å²) in [6.45, 7) is 8.68. The molecule has 5 atom stereocenters. The Morgan fingerprint density at radius 1 is 0.821 bits per heavy atom. The number of hydrogen-bond acceptors (Lipinski definition) is 9. The average Bonchev–Trinajstić information content (AvgIpc) is 2.91. The first-order valence-electron chi connectivity index (χ1n) is 13.0. The maximum absolute atomic E-state index is 12.6. The maximum Gasteiger partial charge on any atom is 0.514 e. The van der Waals surface area contributed by atoms with E-state index in [4.69, 9.17) is 24.7 Å². The quantitative estimate of drug-likeness (QED) is 0.199. The van der Waals surface area contributed by atoms with Crippen LogP contribution in [0.5, 0.6) is 17.2 Å². The van der Waals surface area contributed by atoms with E-state index in [1.54, 1.807) is 57.2 Å². The number of para-hydroxylation sites is 1. The zero-order valence-corrected chi connectivity index (χ0v) is 22.9. The minimum absolute atomic E-state index is 0.0160. The number of carboxylic acids is 1. The van der Waals surface area contributed by atoms with Crippen LogP contribution in [0.2, 0.25) is 0 Å². The van der Waals surface area contributed by atoms with E-state index >= 15 is 0 Å². The molecular weight excluding hydrogens is 506 g/mol. The maximum atomic E-state index is 12.6. The lowest BCUT2D eigenvalue weighted by Gasteiger charge is -2.25. The molecule has 0 aliphatic rings. The lowest BCUT2D eigenvalue weighted by molar-refractivity contribution is -0.141. The molecule has 10 heteroatoms. The van der Waals surface area contributed by atoms with Crippen LogP contribution >= 0.6 is 0 Å². The summed E-state index contributed by atoms with van der Waals surface area (Å²) in [4.78, 5) is 49.1. The number of carbonyl (C=O) groups excluding carboxylic acids is 3. The molecule has 0 amide bonds. The molecule has 0 bridgehead atoms. The minimum atomic E-state index is -1.38. The summed E-state index contributed by atoms with van der Waals surface area (Å²) < 4.78 is 21.5. The van der Waals surface area contributed by atoms with E-state index < -0.39 is 48.0 Å². The Morgan fingerprint density at radius 2 is 1.38 bits per heavy atom. The third kappa shape index (κ3) is 9.40. The van der Waals surface area contributed by atoms with Gasteiger partial charge in [-0.1, -0.05) is 52.0 Å². The first kappa shape index (κ1) is 31.3. The van der Waals surface area contributed by atoms with Gasteiger partial charge in [-0.25, -0.2) is 4.79 Å². The van der Waals surface area contributed by atoms with Crippen molar-refractivity contribution in [3.8, 4) is 17.2 Å². The van der Waals surface area contributed by atoms with E-state index in [1.807, 2.05) is 13.8 Å². The normalized spacial score (nSPS) is 14.7. The Morgan fingerprint density at radius 3 is 1.92 bits per heavy atom. The topological polar surface area (TPSA) is 151 Å². The lowest BCUT2D eigenvalue weighted by atomic mass is 9.87. The van der Waals surface area contributed by atoms with Crippen molar-refractivity contribution in [2.24, 2.45) is 17.6 Å². The summed E-state index contributed by atoms with van der Waals surface area (Å²) in [6, 6.07) is 11.4. The zero-order valence-electron chi connectivity index (χ0n) is 22.9. The predicted octanol–water partition coefficient (Wildman–Crippen LogP) is 5.08. The summed E-state index contributed by atoms with van der Waals surface area (Å²) in [5, 5.41) is 9.67. The number of nitrogens with two attached hydrogens (primary N) is 1. The summed E-state index contributed by atoms with van der Waals surface area (Å²) in [5.41, 5.74) is 6.42. The molecular formula is C29H37NO9. The molecule has 212 valence electrons. The van der Waals surface area contributed by atoms with Crippen LogP contribution < -0.4 is 19.9 Å². The fraction of sp³-hybridized carbons (Fsp3) is 0.448. The van der Waals surface area contributed by atoms with Crippen molar-refractivity contribution >= 4 is 24.1 Å². The second kappa shape index (κ2) is 14.9. The van der Waals surface area contributed by atoms with Crippen LogP contribution in [0.15, 0.2) is 48.5 Å². The summed E-state index contributed by atoms with van der Waals surface area (Å²) in [5.74, 6) is -3.68. The van der Waals surface area contributed by atoms with Crippen LogP contribution in [0, 0.1) is 11.8 Å². The summed E-state index contributed by atoms with van der Waals surface area (Å²) in [6.07, 6.45) is -0.639. The first-order chi connectivity index (χ1) is 18.5. The lowest BCUT2D eigenvalue weighted by Crippen LogP contribution is -2.38. The molecule has 0 aliphatic heterocycles. The highest BCUT2D eigenvalue weighted by Crippen LogP contribution is 2.35. The monoisotopic (exact) mass is 543 g/mol. The minimum Gasteiger partial charge on any atom is -0.480 e. The first-order valence-corrected chi connectivity index (χ1v) is 13.0. The van der Waals surface area contributed by atoms with Crippen LogP contribution in [0.25, 0.3) is 0 Å². The van der Waals surface area contributed by atoms with Crippen molar-refractivity contribution in [3.05, 3.63) is 54.1 Å². The fourth-order valence-corrected chi connectivity index (χ4v) is 3.51. The van der Waals surface area contributed by atoms with Crippen molar-refractivity contribution in [1.82, 2.24) is 0 Å². The van der Waals surface area contributed by atoms with Gasteiger partial charge in [-0.05, 0) is 56.0 Å². The average molecular weight is 544 g/mol. The predicted molar refractivity (Wildman–Crippen MR) is 143 cm³/mol. The Hall–Kier alpha value is -3.92. The van der Waals surface area contributed by atoms with Gasteiger partial charge in [0.1, 0.15) is 17.9 Å². The van der Waals surface area contributed by atoms with Crippen molar-refractivity contribution in [2.45, 2.75) is 71.9 Å². The number of ether oxygens (including phenoxy) is 4. The number of carbonyl (C=O) groups is 4. The second-order valence-corrected chi connectivity index (χ2v) is 9.47. The van der Waals surface area contributed by atoms with Crippen molar-refractivity contribution in [2.75, 3.05) is 0 Å². The third-order valence-corrected chi connectivity index (χ3v) is 6.39. The molecule has 0 fully saturated rings. The van der Waals surface area contributed by atoms with E-state index in [9.17, 15) is 24.3 Å². The molecule has 4 unspecified atom stereocenters. The largest absolute Gasteiger partial charge is 0.514 e. The van der Waals surface area contributed by atoms with E-state index in [1.165, 1.54) is 12.1 Å². The zero-order chi connectivity index (χ0) is 29.1. The van der Waals surface area contributed by atoms with Crippen LogP contribution in [-0.4, -0.2) is 41.3 Å². The number of benzene rings is 2. The molecule has 10 nitrogen and oxygen atoms in total. The molecule has 2 aromatic rings. The SMILES string of the molecule is CCC(C)C(=O)Oc1ccc(C(CC(C)OC(=O)Oc2ccccc2)[C@H](N)C(=O)O)cc1OC(=O)C(C)CC. The smallest absolute Gasteiger partial charge is 0.480 e. The number of rotatable bonds is 13. The molecule has 39 heavy (non-hydrogen) atoms. The molecule has 3 N–H and O–H groups in total. The van der Waals surface area contributed by atoms with E-state index in [-0.39, 0.29) is 23.8 Å². The number of carboxylic acid groups (broad SMARTS) is 1.